The first-order chi connectivity index (χ1) is 16.4. The Balaban J connectivity index is 1.36. The third kappa shape index (κ3) is 8.71. The summed E-state index contributed by atoms with van der Waals surface area (Å²) in [6.07, 6.45) is 1.54. The highest BCUT2D eigenvalue weighted by molar-refractivity contribution is 7.99. The molecule has 0 bridgehead atoms. The number of ether oxygens (including phenoxy) is 1. The normalized spacial score (nSPS) is 10.8. The van der Waals surface area contributed by atoms with Gasteiger partial charge < -0.3 is 10.1 Å². The van der Waals surface area contributed by atoms with Crippen LogP contribution < -0.4 is 15.5 Å². The quantitative estimate of drug-likeness (QED) is 0.322. The molecule has 0 aliphatic carbocycles. The molecule has 2 amide bonds. The number of benzene rings is 3. The van der Waals surface area contributed by atoms with Gasteiger partial charge in [0.2, 0.25) is 5.91 Å². The number of amides is 2. The second-order valence-corrected chi connectivity index (χ2v) is 8.68. The maximum absolute atomic E-state index is 12.9. The smallest absolute Gasteiger partial charge is 0.262 e. The molecular formula is C26H26FN3O3S. The third-order valence-electron chi connectivity index (χ3n) is 4.56. The van der Waals surface area contributed by atoms with E-state index in [1.54, 1.807) is 24.3 Å². The van der Waals surface area contributed by atoms with Crippen molar-refractivity contribution < 1.29 is 18.7 Å². The number of thioether (sulfide) groups is 1. The van der Waals surface area contributed by atoms with E-state index >= 15 is 0 Å². The van der Waals surface area contributed by atoms with E-state index in [-0.39, 0.29) is 24.2 Å². The molecule has 8 heteroatoms. The standard InChI is InChI=1S/C26H26FN3O3S/c1-18-11-19(2)13-21(12-18)16-34-17-26(32)30-28-14-20-3-9-24(10-4-20)33-15-25(31)29-23-7-5-22(27)6-8-23/h3-14H,15-17H2,1-2H3,(H,29,31)(H,30,32). The van der Waals surface area contributed by atoms with E-state index in [4.69, 9.17) is 4.74 Å². The first-order valence-electron chi connectivity index (χ1n) is 10.6. The van der Waals surface area contributed by atoms with Crippen LogP contribution >= 0.6 is 11.8 Å². The third-order valence-corrected chi connectivity index (χ3v) is 5.57. The number of hydrazone groups is 1. The molecule has 0 heterocycles. The lowest BCUT2D eigenvalue weighted by molar-refractivity contribution is -0.119. The Bertz CT molecular complexity index is 1130. The average molecular weight is 480 g/mol. The highest BCUT2D eigenvalue weighted by Gasteiger charge is 2.05. The average Bonchev–Trinajstić information content (AvgIpc) is 2.79. The maximum Gasteiger partial charge on any atom is 0.262 e. The molecule has 3 rings (SSSR count). The van der Waals surface area contributed by atoms with Gasteiger partial charge >= 0.3 is 0 Å². The summed E-state index contributed by atoms with van der Waals surface area (Å²) in [6.45, 7) is 3.95. The molecule has 0 aliphatic rings. The largest absolute Gasteiger partial charge is 0.484 e. The van der Waals surface area contributed by atoms with Crippen molar-refractivity contribution in [3.8, 4) is 5.75 Å². The molecule has 3 aromatic carbocycles. The number of rotatable bonds is 10. The fourth-order valence-electron chi connectivity index (χ4n) is 3.15. The number of carbonyl (C=O) groups is 2. The van der Waals surface area contributed by atoms with Crippen LogP contribution in [0.2, 0.25) is 0 Å². The predicted octanol–water partition coefficient (Wildman–Crippen LogP) is 4.84. The Morgan fingerprint density at radius 3 is 2.32 bits per heavy atom. The zero-order valence-electron chi connectivity index (χ0n) is 19.0. The van der Waals surface area contributed by atoms with Crippen molar-refractivity contribution >= 4 is 35.5 Å². The van der Waals surface area contributed by atoms with Crippen LogP contribution in [0.15, 0.2) is 71.8 Å². The molecule has 0 atom stereocenters. The summed E-state index contributed by atoms with van der Waals surface area (Å²) < 4.78 is 18.4. The Kier molecular flexibility index (Phi) is 9.22. The van der Waals surface area contributed by atoms with Gasteiger partial charge in [-0.3, -0.25) is 9.59 Å². The molecule has 0 saturated heterocycles. The molecule has 0 saturated carbocycles. The minimum absolute atomic E-state index is 0.169. The summed E-state index contributed by atoms with van der Waals surface area (Å²) in [7, 11) is 0. The number of aryl methyl sites for hydroxylation is 2. The van der Waals surface area contributed by atoms with Crippen LogP contribution in [0.3, 0.4) is 0 Å². The molecule has 0 fully saturated rings. The van der Waals surface area contributed by atoms with E-state index in [1.807, 2.05) is 0 Å². The monoisotopic (exact) mass is 479 g/mol. The van der Waals surface area contributed by atoms with E-state index in [9.17, 15) is 14.0 Å². The molecule has 0 spiro atoms. The van der Waals surface area contributed by atoms with E-state index in [0.29, 0.717) is 17.2 Å². The summed E-state index contributed by atoms with van der Waals surface area (Å²) in [5.74, 6) is 0.705. The number of carbonyl (C=O) groups excluding carboxylic acids is 2. The van der Waals surface area contributed by atoms with Crippen LogP contribution in [-0.2, 0) is 15.3 Å². The van der Waals surface area contributed by atoms with Gasteiger partial charge in [-0.15, -0.1) is 11.8 Å². The lowest BCUT2D eigenvalue weighted by Gasteiger charge is -2.07. The summed E-state index contributed by atoms with van der Waals surface area (Å²) in [6, 6.07) is 18.8. The molecule has 2 N–H and O–H groups in total. The highest BCUT2D eigenvalue weighted by atomic mass is 32.2. The van der Waals surface area contributed by atoms with Crippen LogP contribution in [0.25, 0.3) is 0 Å². The van der Waals surface area contributed by atoms with Gasteiger partial charge in [0.1, 0.15) is 11.6 Å². The van der Waals surface area contributed by atoms with Gasteiger partial charge in [0.15, 0.2) is 6.61 Å². The zero-order valence-corrected chi connectivity index (χ0v) is 19.8. The summed E-state index contributed by atoms with van der Waals surface area (Å²) >= 11 is 1.54. The molecule has 6 nitrogen and oxygen atoms in total. The van der Waals surface area contributed by atoms with Crippen molar-refractivity contribution in [2.24, 2.45) is 5.10 Å². The lowest BCUT2D eigenvalue weighted by Crippen LogP contribution is -2.20. The number of hydrogen-bond donors (Lipinski definition) is 2. The summed E-state index contributed by atoms with van der Waals surface area (Å²) in [4.78, 5) is 23.9. The lowest BCUT2D eigenvalue weighted by atomic mass is 10.1. The molecule has 0 aromatic heterocycles. The van der Waals surface area contributed by atoms with Crippen molar-refractivity contribution in [2.75, 3.05) is 17.7 Å². The van der Waals surface area contributed by atoms with E-state index in [2.05, 4.69) is 47.9 Å². The number of nitrogens with zero attached hydrogens (tertiary/aromatic N) is 1. The molecule has 0 radical (unpaired) electrons. The van der Waals surface area contributed by atoms with E-state index in [0.717, 1.165) is 11.3 Å². The fraction of sp³-hybridized carbons (Fsp3) is 0.192. The molecule has 0 unspecified atom stereocenters. The van der Waals surface area contributed by atoms with Crippen molar-refractivity contribution in [3.63, 3.8) is 0 Å². The number of hydrogen-bond acceptors (Lipinski definition) is 5. The number of halogens is 1. The number of anilines is 1. The van der Waals surface area contributed by atoms with Crippen molar-refractivity contribution in [1.29, 1.82) is 0 Å². The molecule has 0 aliphatic heterocycles. The summed E-state index contributed by atoms with van der Waals surface area (Å²) in [5.41, 5.74) is 7.42. The highest BCUT2D eigenvalue weighted by Crippen LogP contribution is 2.16. The predicted molar refractivity (Wildman–Crippen MR) is 135 cm³/mol. The van der Waals surface area contributed by atoms with Crippen LogP contribution in [0.1, 0.15) is 22.3 Å². The second kappa shape index (κ2) is 12.6. The van der Waals surface area contributed by atoms with Crippen LogP contribution in [-0.4, -0.2) is 30.4 Å². The Morgan fingerprint density at radius 1 is 0.971 bits per heavy atom. The van der Waals surface area contributed by atoms with Crippen molar-refractivity contribution in [2.45, 2.75) is 19.6 Å². The SMILES string of the molecule is Cc1cc(C)cc(CSCC(=O)NN=Cc2ccc(OCC(=O)Nc3ccc(F)cc3)cc2)c1. The molecule has 176 valence electrons. The van der Waals surface area contributed by atoms with E-state index < -0.39 is 0 Å². The zero-order chi connectivity index (χ0) is 24.3. The first kappa shape index (κ1) is 25.0. The number of nitrogens with one attached hydrogen (secondary N) is 2. The van der Waals surface area contributed by atoms with Gasteiger partial charge in [-0.25, -0.2) is 9.82 Å². The minimum Gasteiger partial charge on any atom is -0.484 e. The van der Waals surface area contributed by atoms with Gasteiger partial charge in [0, 0.05) is 11.4 Å². The van der Waals surface area contributed by atoms with Crippen LogP contribution in [0, 0.1) is 19.7 Å². The molecule has 34 heavy (non-hydrogen) atoms. The topological polar surface area (TPSA) is 79.8 Å². The van der Waals surface area contributed by atoms with E-state index in [1.165, 1.54) is 58.9 Å². The van der Waals surface area contributed by atoms with Crippen molar-refractivity contribution in [3.05, 3.63) is 94.8 Å². The first-order valence-corrected chi connectivity index (χ1v) is 11.8. The van der Waals surface area contributed by atoms with Gasteiger partial charge in [0.25, 0.3) is 5.91 Å². The van der Waals surface area contributed by atoms with Gasteiger partial charge in [0.05, 0.1) is 12.0 Å². The molecule has 3 aromatic rings. The minimum atomic E-state index is -0.371. The second-order valence-electron chi connectivity index (χ2n) is 7.69. The Hall–Kier alpha value is -3.65. The summed E-state index contributed by atoms with van der Waals surface area (Å²) in [5, 5.41) is 6.61. The van der Waals surface area contributed by atoms with Gasteiger partial charge in [-0.2, -0.15) is 5.10 Å². The van der Waals surface area contributed by atoms with Gasteiger partial charge in [-0.1, -0.05) is 29.3 Å². The van der Waals surface area contributed by atoms with Crippen LogP contribution in [0.5, 0.6) is 5.75 Å². The maximum atomic E-state index is 12.9. The Morgan fingerprint density at radius 2 is 1.65 bits per heavy atom. The Labute approximate surface area is 202 Å². The van der Waals surface area contributed by atoms with Gasteiger partial charge in [-0.05, 0) is 73.5 Å². The van der Waals surface area contributed by atoms with Crippen molar-refractivity contribution in [1.82, 2.24) is 5.43 Å². The molecular weight excluding hydrogens is 453 g/mol. The van der Waals surface area contributed by atoms with Crippen LogP contribution in [0.4, 0.5) is 10.1 Å². The fourth-order valence-corrected chi connectivity index (χ4v) is 3.91.